The lowest BCUT2D eigenvalue weighted by molar-refractivity contribution is -0.127. The molecule has 4 heteroatoms. The molecule has 1 aliphatic heterocycles. The molecule has 1 aromatic rings. The lowest BCUT2D eigenvalue weighted by atomic mass is 9.76. The molecule has 0 fully saturated rings. The van der Waals surface area contributed by atoms with Crippen molar-refractivity contribution in [2.24, 2.45) is 0 Å². The molecular weight excluding hydrogens is 302 g/mol. The number of Topliss-reactive ketones (excluding diaryl/α,β-unsaturated/α-hetero) is 1. The monoisotopic (exact) mass is 323 g/mol. The summed E-state index contributed by atoms with van der Waals surface area (Å²) in [6, 6.07) is 7.82. The Hall–Kier alpha value is -2.49. The second-order valence-electron chi connectivity index (χ2n) is 6.75. The minimum atomic E-state index is -1.00. The molecule has 124 valence electrons. The summed E-state index contributed by atoms with van der Waals surface area (Å²) < 4.78 is 0. The first kappa shape index (κ1) is 16.4. The second kappa shape index (κ2) is 5.86. The summed E-state index contributed by atoms with van der Waals surface area (Å²) >= 11 is 0. The first-order chi connectivity index (χ1) is 11.3. The Bertz CT molecular complexity index is 786. The molecule has 3 rings (SSSR count). The maximum atomic E-state index is 13.0. The molecule has 1 atom stereocenters. The van der Waals surface area contributed by atoms with Crippen LogP contribution in [0.1, 0.15) is 38.7 Å². The van der Waals surface area contributed by atoms with E-state index in [0.717, 1.165) is 11.3 Å². The molecule has 2 aliphatic rings. The molecule has 4 nitrogen and oxygen atoms in total. The van der Waals surface area contributed by atoms with Gasteiger partial charge in [0.2, 0.25) is 0 Å². The molecule has 0 amide bonds. The maximum Gasteiger partial charge on any atom is 0.182 e. The van der Waals surface area contributed by atoms with Crippen LogP contribution in [0.3, 0.4) is 0 Å². The quantitative estimate of drug-likeness (QED) is 0.796. The first-order valence-electron chi connectivity index (χ1n) is 8.17. The molecule has 1 aromatic carbocycles. The zero-order valence-corrected chi connectivity index (χ0v) is 14.3. The molecule has 1 heterocycles. The fourth-order valence-corrected chi connectivity index (χ4v) is 3.60. The van der Waals surface area contributed by atoms with E-state index in [-0.39, 0.29) is 30.2 Å². The molecule has 1 unspecified atom stereocenters. The van der Waals surface area contributed by atoms with E-state index in [2.05, 4.69) is 0 Å². The zero-order chi connectivity index (χ0) is 17.5. The smallest absolute Gasteiger partial charge is 0.182 e. The highest BCUT2D eigenvalue weighted by molar-refractivity contribution is 6.15. The van der Waals surface area contributed by atoms with Gasteiger partial charge in [-0.1, -0.05) is 17.7 Å². The van der Waals surface area contributed by atoms with Crippen LogP contribution in [0.25, 0.3) is 0 Å². The molecule has 1 spiro atoms. The third kappa shape index (κ3) is 2.62. The number of rotatable bonds is 1. The molecule has 0 saturated heterocycles. The number of nitrogens with zero attached hydrogens (tertiary/aromatic N) is 1. The summed E-state index contributed by atoms with van der Waals surface area (Å²) in [5.74, 6) is -0.135. The molecule has 0 radical (unpaired) electrons. The summed E-state index contributed by atoms with van der Waals surface area (Å²) in [4.78, 5) is 39.3. The zero-order valence-electron chi connectivity index (χ0n) is 14.3. The van der Waals surface area contributed by atoms with Crippen molar-refractivity contribution in [2.75, 3.05) is 4.90 Å². The molecule has 0 aromatic heterocycles. The number of hydrogen-bond acceptors (Lipinski definition) is 4. The number of carbonyl (C=O) groups excluding carboxylic acids is 3. The van der Waals surface area contributed by atoms with E-state index in [1.54, 1.807) is 13.0 Å². The topological polar surface area (TPSA) is 54.5 Å². The Labute approximate surface area is 141 Å². The number of anilines is 1. The minimum absolute atomic E-state index is 0.00647. The van der Waals surface area contributed by atoms with Gasteiger partial charge in [0.25, 0.3) is 0 Å². The average molecular weight is 323 g/mol. The van der Waals surface area contributed by atoms with Gasteiger partial charge < -0.3 is 4.90 Å². The largest absolute Gasteiger partial charge is 0.331 e. The lowest BCUT2D eigenvalue weighted by Crippen LogP contribution is -2.56. The van der Waals surface area contributed by atoms with E-state index in [0.29, 0.717) is 17.7 Å². The number of allylic oxidation sites excluding steroid dienone is 3. The molecule has 0 N–H and O–H groups in total. The predicted octanol–water partition coefficient (Wildman–Crippen LogP) is 3.30. The standard InChI is InChI=1S/C20H21NO3/c1-13-4-6-16(7-5-13)21-15(3)11-17(22)8-9-20(21)12-18(23)14(2)10-19(20)24/h4-7,10-11H,8-9,12H2,1-3H3. The fourth-order valence-electron chi connectivity index (χ4n) is 3.60. The van der Waals surface area contributed by atoms with E-state index in [9.17, 15) is 14.4 Å². The Kier molecular flexibility index (Phi) is 3.99. The van der Waals surface area contributed by atoms with E-state index in [1.165, 1.54) is 6.08 Å². The van der Waals surface area contributed by atoms with E-state index in [4.69, 9.17) is 0 Å². The predicted molar refractivity (Wildman–Crippen MR) is 92.8 cm³/mol. The van der Waals surface area contributed by atoms with Crippen molar-refractivity contribution < 1.29 is 14.4 Å². The van der Waals surface area contributed by atoms with Gasteiger partial charge in [-0.15, -0.1) is 0 Å². The number of aryl methyl sites for hydroxylation is 1. The Morgan fingerprint density at radius 2 is 1.62 bits per heavy atom. The lowest BCUT2D eigenvalue weighted by Gasteiger charge is -2.44. The summed E-state index contributed by atoms with van der Waals surface area (Å²) in [5.41, 5.74) is 2.14. The van der Waals surface area contributed by atoms with Gasteiger partial charge in [-0.2, -0.15) is 0 Å². The van der Waals surface area contributed by atoms with Crippen LogP contribution in [0.2, 0.25) is 0 Å². The van der Waals surface area contributed by atoms with Gasteiger partial charge >= 0.3 is 0 Å². The number of ketones is 3. The summed E-state index contributed by atoms with van der Waals surface area (Å²) in [6.07, 6.45) is 3.75. The average Bonchev–Trinajstić information content (AvgIpc) is 2.64. The SMILES string of the molecule is CC1=CC(=O)C2(CCC(=O)C=C(C)N2c2ccc(C)cc2)CC1=O. The maximum absolute atomic E-state index is 13.0. The van der Waals surface area contributed by atoms with Crippen molar-refractivity contribution in [3.63, 3.8) is 0 Å². The third-order valence-electron chi connectivity index (χ3n) is 4.93. The van der Waals surface area contributed by atoms with Crippen molar-refractivity contribution in [1.82, 2.24) is 0 Å². The normalized spacial score (nSPS) is 24.8. The Morgan fingerprint density at radius 1 is 0.958 bits per heavy atom. The second-order valence-corrected chi connectivity index (χ2v) is 6.75. The van der Waals surface area contributed by atoms with Gasteiger partial charge in [-0.05, 0) is 51.0 Å². The minimum Gasteiger partial charge on any atom is -0.331 e. The van der Waals surface area contributed by atoms with Crippen LogP contribution in [0.15, 0.2) is 47.7 Å². The highest BCUT2D eigenvalue weighted by atomic mass is 16.1. The number of carbonyl (C=O) groups is 3. The van der Waals surface area contributed by atoms with E-state index < -0.39 is 5.54 Å². The summed E-state index contributed by atoms with van der Waals surface area (Å²) in [7, 11) is 0. The van der Waals surface area contributed by atoms with Gasteiger partial charge in [0.15, 0.2) is 17.3 Å². The van der Waals surface area contributed by atoms with Crippen LogP contribution in [0.4, 0.5) is 5.69 Å². The summed E-state index contributed by atoms with van der Waals surface area (Å²) in [6.45, 7) is 5.50. The molecule has 0 saturated carbocycles. The number of hydrogen-bond donors (Lipinski definition) is 0. The Morgan fingerprint density at radius 3 is 2.29 bits per heavy atom. The van der Waals surface area contributed by atoms with Crippen LogP contribution in [0, 0.1) is 6.92 Å². The third-order valence-corrected chi connectivity index (χ3v) is 4.93. The van der Waals surface area contributed by atoms with Crippen molar-refractivity contribution in [3.8, 4) is 0 Å². The van der Waals surface area contributed by atoms with Crippen LogP contribution in [0.5, 0.6) is 0 Å². The fraction of sp³-hybridized carbons (Fsp3) is 0.350. The van der Waals surface area contributed by atoms with Crippen LogP contribution in [-0.4, -0.2) is 22.9 Å². The molecule has 1 aliphatic carbocycles. The molecular formula is C20H21NO3. The Balaban J connectivity index is 2.20. The summed E-state index contributed by atoms with van der Waals surface area (Å²) in [5, 5.41) is 0. The van der Waals surface area contributed by atoms with Crippen LogP contribution in [-0.2, 0) is 14.4 Å². The highest BCUT2D eigenvalue weighted by Gasteiger charge is 2.48. The van der Waals surface area contributed by atoms with Crippen molar-refractivity contribution in [2.45, 2.75) is 45.6 Å². The molecule has 0 bridgehead atoms. The van der Waals surface area contributed by atoms with Gasteiger partial charge in [0, 0.05) is 30.3 Å². The van der Waals surface area contributed by atoms with Gasteiger partial charge in [0.1, 0.15) is 5.54 Å². The van der Waals surface area contributed by atoms with Crippen LogP contribution < -0.4 is 4.90 Å². The van der Waals surface area contributed by atoms with Crippen molar-refractivity contribution >= 4 is 23.0 Å². The van der Waals surface area contributed by atoms with Gasteiger partial charge in [-0.3, -0.25) is 14.4 Å². The van der Waals surface area contributed by atoms with Crippen molar-refractivity contribution in [1.29, 1.82) is 0 Å². The van der Waals surface area contributed by atoms with E-state index >= 15 is 0 Å². The first-order valence-corrected chi connectivity index (χ1v) is 8.17. The van der Waals surface area contributed by atoms with E-state index in [1.807, 2.05) is 43.0 Å². The highest BCUT2D eigenvalue weighted by Crippen LogP contribution is 2.40. The van der Waals surface area contributed by atoms with Crippen LogP contribution >= 0.6 is 0 Å². The van der Waals surface area contributed by atoms with Crippen molar-refractivity contribution in [3.05, 3.63) is 53.3 Å². The van der Waals surface area contributed by atoms with Gasteiger partial charge in [0.05, 0.1) is 0 Å². The number of benzene rings is 1. The molecule has 24 heavy (non-hydrogen) atoms. The van der Waals surface area contributed by atoms with Gasteiger partial charge in [-0.25, -0.2) is 0 Å².